The molecule has 0 unspecified atom stereocenters. The third-order valence-corrected chi connectivity index (χ3v) is 3.44. The average molecular weight is 238 g/mol. The summed E-state index contributed by atoms with van der Waals surface area (Å²) in [6.07, 6.45) is 1.41. The van der Waals surface area contributed by atoms with Crippen LogP contribution in [0.3, 0.4) is 0 Å². The third kappa shape index (κ3) is 1.51. The molecule has 2 aromatic rings. The van der Waals surface area contributed by atoms with E-state index in [1.54, 1.807) is 0 Å². The van der Waals surface area contributed by atoms with Crippen LogP contribution in [-0.4, -0.2) is 30.2 Å². The quantitative estimate of drug-likeness (QED) is 0.746. The number of methoxy groups -OCH3 is 2. The van der Waals surface area contributed by atoms with Crippen molar-refractivity contribution >= 4 is 27.5 Å². The molecule has 0 amide bonds. The third-order valence-electron chi connectivity index (χ3n) is 2.26. The SMILES string of the molecule is COC(=O)c1sc2ncnc(OC)c2c1C. The largest absolute Gasteiger partial charge is 0.480 e. The molecule has 2 aromatic heterocycles. The molecule has 84 valence electrons. The normalized spacial score (nSPS) is 10.4. The van der Waals surface area contributed by atoms with Crippen LogP contribution in [0.5, 0.6) is 5.88 Å². The van der Waals surface area contributed by atoms with Gasteiger partial charge in [0.25, 0.3) is 0 Å². The minimum atomic E-state index is -0.359. The summed E-state index contributed by atoms with van der Waals surface area (Å²) in [6, 6.07) is 0. The van der Waals surface area contributed by atoms with Gasteiger partial charge in [0.1, 0.15) is 16.0 Å². The number of thiophene rings is 1. The van der Waals surface area contributed by atoms with Crippen molar-refractivity contribution in [3.8, 4) is 5.88 Å². The van der Waals surface area contributed by atoms with Gasteiger partial charge in [-0.3, -0.25) is 0 Å². The van der Waals surface area contributed by atoms with Gasteiger partial charge in [0.2, 0.25) is 5.88 Å². The van der Waals surface area contributed by atoms with E-state index in [-0.39, 0.29) is 5.97 Å². The summed E-state index contributed by atoms with van der Waals surface area (Å²) in [4.78, 5) is 20.9. The van der Waals surface area contributed by atoms with Crippen LogP contribution >= 0.6 is 11.3 Å². The van der Waals surface area contributed by atoms with E-state index >= 15 is 0 Å². The number of esters is 1. The lowest BCUT2D eigenvalue weighted by Crippen LogP contribution is -1.99. The van der Waals surface area contributed by atoms with Crippen molar-refractivity contribution in [1.82, 2.24) is 9.97 Å². The molecule has 2 heterocycles. The van der Waals surface area contributed by atoms with Crippen LogP contribution in [-0.2, 0) is 4.74 Å². The van der Waals surface area contributed by atoms with Gasteiger partial charge < -0.3 is 9.47 Å². The lowest BCUT2D eigenvalue weighted by Gasteiger charge is -2.00. The molecule has 16 heavy (non-hydrogen) atoms. The molecule has 0 atom stereocenters. The second-order valence-corrected chi connectivity index (χ2v) is 4.11. The van der Waals surface area contributed by atoms with Crippen molar-refractivity contribution in [1.29, 1.82) is 0 Å². The highest BCUT2D eigenvalue weighted by atomic mass is 32.1. The molecule has 5 nitrogen and oxygen atoms in total. The first-order valence-electron chi connectivity index (χ1n) is 4.55. The standard InChI is InChI=1S/C10H10N2O3S/c1-5-6-8(14-2)11-4-12-9(6)16-7(5)10(13)15-3/h4H,1-3H3. The van der Waals surface area contributed by atoms with E-state index in [1.165, 1.54) is 31.9 Å². The number of fused-ring (bicyclic) bond motifs is 1. The Balaban J connectivity index is 2.73. The summed E-state index contributed by atoms with van der Waals surface area (Å²) in [6.45, 7) is 1.83. The van der Waals surface area contributed by atoms with E-state index in [4.69, 9.17) is 9.47 Å². The van der Waals surface area contributed by atoms with E-state index in [0.29, 0.717) is 10.8 Å². The Hall–Kier alpha value is -1.69. The van der Waals surface area contributed by atoms with Crippen molar-refractivity contribution in [2.75, 3.05) is 14.2 Å². The maximum atomic E-state index is 11.5. The summed E-state index contributed by atoms with van der Waals surface area (Å²) in [5.74, 6) is 0.122. The van der Waals surface area contributed by atoms with E-state index in [2.05, 4.69) is 9.97 Å². The summed E-state index contributed by atoms with van der Waals surface area (Å²) >= 11 is 1.28. The molecule has 0 aliphatic carbocycles. The van der Waals surface area contributed by atoms with Gasteiger partial charge in [-0.1, -0.05) is 0 Å². The van der Waals surface area contributed by atoms with Crippen LogP contribution in [0.15, 0.2) is 6.33 Å². The lowest BCUT2D eigenvalue weighted by molar-refractivity contribution is 0.0605. The van der Waals surface area contributed by atoms with Gasteiger partial charge in [0.05, 0.1) is 19.6 Å². The maximum absolute atomic E-state index is 11.5. The highest BCUT2D eigenvalue weighted by Crippen LogP contribution is 2.34. The van der Waals surface area contributed by atoms with Crippen LogP contribution in [0.25, 0.3) is 10.2 Å². The monoisotopic (exact) mass is 238 g/mol. The number of carbonyl (C=O) groups excluding carboxylic acids is 1. The highest BCUT2D eigenvalue weighted by molar-refractivity contribution is 7.20. The predicted molar refractivity (Wildman–Crippen MR) is 60.0 cm³/mol. The minimum absolute atomic E-state index is 0.359. The van der Waals surface area contributed by atoms with Gasteiger partial charge in [-0.2, -0.15) is 0 Å². The number of nitrogens with zero attached hydrogens (tertiary/aromatic N) is 2. The molecule has 0 saturated heterocycles. The van der Waals surface area contributed by atoms with Crippen molar-refractivity contribution in [3.63, 3.8) is 0 Å². The molecule has 0 bridgehead atoms. The topological polar surface area (TPSA) is 61.3 Å². The fraction of sp³-hybridized carbons (Fsp3) is 0.300. The summed E-state index contributed by atoms with van der Waals surface area (Å²) in [5.41, 5.74) is 0.796. The van der Waals surface area contributed by atoms with Crippen LogP contribution in [0, 0.1) is 6.92 Å². The van der Waals surface area contributed by atoms with Crippen molar-refractivity contribution < 1.29 is 14.3 Å². The maximum Gasteiger partial charge on any atom is 0.348 e. The van der Waals surface area contributed by atoms with Crippen LogP contribution in [0.4, 0.5) is 0 Å². The van der Waals surface area contributed by atoms with Crippen molar-refractivity contribution in [2.45, 2.75) is 6.92 Å². The fourth-order valence-electron chi connectivity index (χ4n) is 1.48. The molecule has 0 aromatic carbocycles. The van der Waals surface area contributed by atoms with Crippen molar-refractivity contribution in [2.24, 2.45) is 0 Å². The van der Waals surface area contributed by atoms with E-state index in [9.17, 15) is 4.79 Å². The molecule has 0 N–H and O–H groups in total. The number of ether oxygens (including phenoxy) is 2. The number of aromatic nitrogens is 2. The molecule has 6 heteroatoms. The van der Waals surface area contributed by atoms with Gasteiger partial charge in [-0.05, 0) is 12.5 Å². The first-order valence-corrected chi connectivity index (χ1v) is 5.37. The van der Waals surface area contributed by atoms with Gasteiger partial charge in [-0.15, -0.1) is 11.3 Å². The lowest BCUT2D eigenvalue weighted by atomic mass is 10.2. The fourth-order valence-corrected chi connectivity index (χ4v) is 2.54. The summed E-state index contributed by atoms with van der Waals surface area (Å²) < 4.78 is 9.84. The van der Waals surface area contributed by atoms with Crippen LogP contribution < -0.4 is 4.74 Å². The second kappa shape index (κ2) is 4.05. The number of hydrogen-bond donors (Lipinski definition) is 0. The number of carbonyl (C=O) groups is 1. The molecule has 0 aliphatic heterocycles. The summed E-state index contributed by atoms with van der Waals surface area (Å²) in [5, 5.41) is 0.774. The van der Waals surface area contributed by atoms with E-state index in [0.717, 1.165) is 15.8 Å². The zero-order valence-electron chi connectivity index (χ0n) is 9.10. The van der Waals surface area contributed by atoms with Gasteiger partial charge >= 0.3 is 5.97 Å². The van der Waals surface area contributed by atoms with Gasteiger partial charge in [0, 0.05) is 0 Å². The Kier molecular flexibility index (Phi) is 2.74. The predicted octanol–water partition coefficient (Wildman–Crippen LogP) is 1.79. The van der Waals surface area contributed by atoms with Crippen molar-refractivity contribution in [3.05, 3.63) is 16.8 Å². The zero-order valence-corrected chi connectivity index (χ0v) is 9.92. The first kappa shape index (κ1) is 10.8. The first-order chi connectivity index (χ1) is 7.69. The molecular formula is C10H10N2O3S. The smallest absolute Gasteiger partial charge is 0.348 e. The Morgan fingerprint density at radius 2 is 2.12 bits per heavy atom. The van der Waals surface area contributed by atoms with E-state index in [1.807, 2.05) is 6.92 Å². The molecule has 2 rings (SSSR count). The van der Waals surface area contributed by atoms with Gasteiger partial charge in [0.15, 0.2) is 0 Å². The van der Waals surface area contributed by atoms with Crippen LogP contribution in [0.1, 0.15) is 15.2 Å². The number of hydrogen-bond acceptors (Lipinski definition) is 6. The number of aryl methyl sites for hydroxylation is 1. The second-order valence-electron chi connectivity index (χ2n) is 3.11. The average Bonchev–Trinajstić information content (AvgIpc) is 2.66. The molecule has 0 saturated carbocycles. The molecule has 0 fully saturated rings. The molecule has 0 radical (unpaired) electrons. The Bertz CT molecular complexity index is 550. The highest BCUT2D eigenvalue weighted by Gasteiger charge is 2.19. The number of rotatable bonds is 2. The van der Waals surface area contributed by atoms with E-state index < -0.39 is 0 Å². The zero-order chi connectivity index (χ0) is 11.7. The molecular weight excluding hydrogens is 228 g/mol. The molecule has 0 aliphatic rings. The minimum Gasteiger partial charge on any atom is -0.480 e. The summed E-state index contributed by atoms with van der Waals surface area (Å²) in [7, 11) is 2.89. The Labute approximate surface area is 96.0 Å². The van der Waals surface area contributed by atoms with Gasteiger partial charge in [-0.25, -0.2) is 14.8 Å². The molecule has 0 spiro atoms. The Morgan fingerprint density at radius 3 is 2.75 bits per heavy atom. The Morgan fingerprint density at radius 1 is 1.38 bits per heavy atom. The van der Waals surface area contributed by atoms with Crippen LogP contribution in [0.2, 0.25) is 0 Å².